The van der Waals surface area contributed by atoms with Gasteiger partial charge in [0.25, 0.3) is 5.91 Å². The van der Waals surface area contributed by atoms with Crippen LogP contribution >= 0.6 is 11.3 Å². The Labute approximate surface area is 194 Å². The van der Waals surface area contributed by atoms with Gasteiger partial charge in [0.05, 0.1) is 28.6 Å². The Morgan fingerprint density at radius 1 is 1.12 bits per heavy atom. The maximum atomic E-state index is 12.7. The Bertz CT molecular complexity index is 1390. The predicted octanol–water partition coefficient (Wildman–Crippen LogP) is 2.25. The minimum Gasteiger partial charge on any atom is -0.486 e. The highest BCUT2D eigenvalue weighted by Gasteiger charge is 2.21. The molecule has 2 aromatic carbocycles. The van der Waals surface area contributed by atoms with Gasteiger partial charge in [0.1, 0.15) is 19.0 Å². The number of benzene rings is 2. The summed E-state index contributed by atoms with van der Waals surface area (Å²) < 4.78 is 43.7. The number of fused-ring (bicyclic) bond motifs is 2. The number of aryl methyl sites for hydroxylation is 2. The van der Waals surface area contributed by atoms with Gasteiger partial charge in [-0.15, -0.1) is 0 Å². The lowest BCUT2D eigenvalue weighted by atomic mass is 10.2. The number of nitrogens with zero attached hydrogens (tertiary/aromatic N) is 2. The molecule has 1 amide bonds. The first-order valence-electron chi connectivity index (χ1n) is 10.1. The number of thiazole rings is 1. The molecule has 0 unspecified atom stereocenters. The number of carbonyl (C=O) groups is 2. The average molecular weight is 491 g/mol. The molecule has 9 nitrogen and oxygen atoms in total. The quantitative estimate of drug-likeness (QED) is 0.487. The van der Waals surface area contributed by atoms with E-state index in [1.54, 1.807) is 28.8 Å². The van der Waals surface area contributed by atoms with Crippen molar-refractivity contribution < 1.29 is 32.2 Å². The number of amides is 1. The van der Waals surface area contributed by atoms with Gasteiger partial charge in [0.2, 0.25) is 0 Å². The Morgan fingerprint density at radius 3 is 2.45 bits per heavy atom. The molecule has 174 valence electrons. The normalized spacial score (nSPS) is 13.8. The zero-order valence-corrected chi connectivity index (χ0v) is 19.7. The molecule has 1 aromatic heterocycles. The number of ether oxygens (including phenoxy) is 3. The molecule has 11 heteroatoms. The second-order valence-corrected chi connectivity index (χ2v) is 10.4. The topological polar surface area (TPSA) is 113 Å². The van der Waals surface area contributed by atoms with Crippen LogP contribution in [0.3, 0.4) is 0 Å². The van der Waals surface area contributed by atoms with Crippen LogP contribution in [0.25, 0.3) is 10.2 Å². The van der Waals surface area contributed by atoms with Crippen LogP contribution in [0.1, 0.15) is 12.0 Å². The molecule has 33 heavy (non-hydrogen) atoms. The van der Waals surface area contributed by atoms with E-state index in [1.165, 1.54) is 30.6 Å². The van der Waals surface area contributed by atoms with Crippen LogP contribution in [-0.4, -0.2) is 50.9 Å². The molecule has 2 heterocycles. The standard InChI is InChI=1S/C22H22N2O7S2/c1-14-3-5-15(6-4-14)33(27,28)13-20(25)23-22-24(8-7-21(26)29-2)16-11-17-18(12-19(16)32-22)31-10-9-30-17/h3-6,11-12H,7-10,13H2,1-2H3. The van der Waals surface area contributed by atoms with Gasteiger partial charge in [-0.1, -0.05) is 29.0 Å². The van der Waals surface area contributed by atoms with Crippen LogP contribution in [0, 0.1) is 6.92 Å². The monoisotopic (exact) mass is 490 g/mol. The number of carbonyl (C=O) groups excluding carboxylic acids is 2. The number of rotatable bonds is 6. The third-order valence-electron chi connectivity index (χ3n) is 5.03. The summed E-state index contributed by atoms with van der Waals surface area (Å²) in [7, 11) is -2.55. The predicted molar refractivity (Wildman–Crippen MR) is 121 cm³/mol. The zero-order chi connectivity index (χ0) is 23.6. The molecule has 0 saturated heterocycles. The number of aromatic nitrogens is 1. The van der Waals surface area contributed by atoms with Crippen molar-refractivity contribution in [2.75, 3.05) is 26.1 Å². The Morgan fingerprint density at radius 2 is 1.79 bits per heavy atom. The molecule has 3 aromatic rings. The van der Waals surface area contributed by atoms with Gasteiger partial charge in [-0.2, -0.15) is 4.99 Å². The minimum atomic E-state index is -3.84. The van der Waals surface area contributed by atoms with Crippen molar-refractivity contribution in [3.63, 3.8) is 0 Å². The third-order valence-corrected chi connectivity index (χ3v) is 7.69. The highest BCUT2D eigenvalue weighted by molar-refractivity contribution is 7.92. The molecule has 0 atom stereocenters. The third kappa shape index (κ3) is 5.09. The van der Waals surface area contributed by atoms with Crippen molar-refractivity contribution >= 4 is 43.3 Å². The van der Waals surface area contributed by atoms with Gasteiger partial charge in [-0.25, -0.2) is 8.42 Å². The van der Waals surface area contributed by atoms with E-state index in [4.69, 9.17) is 14.2 Å². The number of hydrogen-bond acceptors (Lipinski definition) is 8. The fourth-order valence-electron chi connectivity index (χ4n) is 3.34. The van der Waals surface area contributed by atoms with Crippen LogP contribution in [0.4, 0.5) is 0 Å². The first kappa shape index (κ1) is 23.0. The molecular weight excluding hydrogens is 468 g/mol. The molecule has 0 radical (unpaired) electrons. The maximum absolute atomic E-state index is 12.7. The lowest BCUT2D eigenvalue weighted by Crippen LogP contribution is -2.22. The minimum absolute atomic E-state index is 0.0554. The van der Waals surface area contributed by atoms with Crippen LogP contribution in [0.5, 0.6) is 11.5 Å². The van der Waals surface area contributed by atoms with Crippen LogP contribution < -0.4 is 14.3 Å². The van der Waals surface area contributed by atoms with Gasteiger partial charge in [0, 0.05) is 18.7 Å². The molecule has 1 aliphatic heterocycles. The van der Waals surface area contributed by atoms with Crippen molar-refractivity contribution in [3.8, 4) is 11.5 Å². The Hall–Kier alpha value is -3.18. The van der Waals surface area contributed by atoms with E-state index in [0.717, 1.165) is 10.3 Å². The largest absolute Gasteiger partial charge is 0.486 e. The van der Waals surface area contributed by atoms with E-state index in [0.29, 0.717) is 30.2 Å². The van der Waals surface area contributed by atoms with Crippen LogP contribution in [0.15, 0.2) is 46.3 Å². The number of methoxy groups -OCH3 is 1. The Kier molecular flexibility index (Phi) is 6.52. The molecule has 0 aliphatic carbocycles. The summed E-state index contributed by atoms with van der Waals surface area (Å²) in [6.45, 7) is 2.89. The summed E-state index contributed by atoms with van der Waals surface area (Å²) in [5.41, 5.74) is 1.61. The van der Waals surface area contributed by atoms with Crippen LogP contribution in [0.2, 0.25) is 0 Å². The van der Waals surface area contributed by atoms with Crippen molar-refractivity contribution in [1.82, 2.24) is 4.57 Å². The highest BCUT2D eigenvalue weighted by atomic mass is 32.2. The van der Waals surface area contributed by atoms with Gasteiger partial charge in [-0.05, 0) is 19.1 Å². The number of hydrogen-bond donors (Lipinski definition) is 0. The summed E-state index contributed by atoms with van der Waals surface area (Å²) in [4.78, 5) is 28.8. The second kappa shape index (κ2) is 9.36. The van der Waals surface area contributed by atoms with Gasteiger partial charge in [0.15, 0.2) is 26.1 Å². The van der Waals surface area contributed by atoms with Crippen molar-refractivity contribution in [1.29, 1.82) is 0 Å². The van der Waals surface area contributed by atoms with E-state index in [9.17, 15) is 18.0 Å². The fraction of sp³-hybridized carbons (Fsp3) is 0.318. The van der Waals surface area contributed by atoms with Crippen molar-refractivity contribution in [2.45, 2.75) is 24.8 Å². The van der Waals surface area contributed by atoms with Crippen molar-refractivity contribution in [2.24, 2.45) is 4.99 Å². The molecule has 0 saturated carbocycles. The van der Waals surface area contributed by atoms with Gasteiger partial charge >= 0.3 is 5.97 Å². The lowest BCUT2D eigenvalue weighted by molar-refractivity contribution is -0.140. The summed E-state index contributed by atoms with van der Waals surface area (Å²) >= 11 is 1.20. The number of sulfone groups is 1. The highest BCUT2D eigenvalue weighted by Crippen LogP contribution is 2.35. The molecule has 0 spiro atoms. The first-order chi connectivity index (χ1) is 15.8. The molecule has 0 fully saturated rings. The summed E-state index contributed by atoms with van der Waals surface area (Å²) in [5.74, 6) is -0.845. The first-order valence-corrected chi connectivity index (χ1v) is 12.6. The summed E-state index contributed by atoms with van der Waals surface area (Å²) in [6.07, 6.45) is 0.0554. The smallest absolute Gasteiger partial charge is 0.307 e. The second-order valence-electron chi connectivity index (χ2n) is 7.40. The Balaban J connectivity index is 1.72. The molecule has 1 aliphatic rings. The molecular formula is C22H22N2O7S2. The van der Waals surface area contributed by atoms with Gasteiger partial charge in [-0.3, -0.25) is 9.59 Å². The van der Waals surface area contributed by atoms with Crippen molar-refractivity contribution in [3.05, 3.63) is 46.8 Å². The van der Waals surface area contributed by atoms with E-state index in [1.807, 2.05) is 6.92 Å². The van der Waals surface area contributed by atoms with E-state index in [2.05, 4.69) is 4.99 Å². The average Bonchev–Trinajstić information content (AvgIpc) is 3.11. The summed E-state index contributed by atoms with van der Waals surface area (Å²) in [5, 5.41) is 0. The molecule has 0 N–H and O–H groups in total. The SMILES string of the molecule is COC(=O)CCn1c(=NC(=O)CS(=O)(=O)c2ccc(C)cc2)sc2cc3c(cc21)OCCO3. The number of esters is 1. The maximum Gasteiger partial charge on any atom is 0.307 e. The lowest BCUT2D eigenvalue weighted by Gasteiger charge is -2.18. The van der Waals surface area contributed by atoms with Crippen LogP contribution in [-0.2, 0) is 30.7 Å². The van der Waals surface area contributed by atoms with Gasteiger partial charge < -0.3 is 18.8 Å². The molecule has 4 rings (SSSR count). The summed E-state index contributed by atoms with van der Waals surface area (Å²) in [6, 6.07) is 9.84. The van der Waals surface area contributed by atoms with E-state index >= 15 is 0 Å². The van der Waals surface area contributed by atoms with E-state index < -0.39 is 27.5 Å². The fourth-order valence-corrected chi connectivity index (χ4v) is 5.53. The zero-order valence-electron chi connectivity index (χ0n) is 18.1. The van der Waals surface area contributed by atoms with E-state index in [-0.39, 0.29) is 22.7 Å². The molecule has 0 bridgehead atoms.